The molecule has 1 aromatic carbocycles. The first-order valence-corrected chi connectivity index (χ1v) is 8.74. The largest absolute Gasteiger partial charge is 0.484 e. The highest BCUT2D eigenvalue weighted by atomic mass is 79.9. The average Bonchev–Trinajstić information content (AvgIpc) is 2.81. The number of halogens is 1. The van der Waals surface area contributed by atoms with E-state index in [0.717, 1.165) is 21.4 Å². The van der Waals surface area contributed by atoms with Crippen molar-refractivity contribution in [3.63, 3.8) is 0 Å². The number of Topliss-reactive ketones (excluding diaryl/α,β-unsaturated/α-hetero) is 1. The van der Waals surface area contributed by atoms with Crippen LogP contribution in [-0.2, 0) is 4.74 Å². The van der Waals surface area contributed by atoms with Crippen LogP contribution in [0.15, 0.2) is 28.7 Å². The zero-order valence-corrected chi connectivity index (χ0v) is 16.4. The summed E-state index contributed by atoms with van der Waals surface area (Å²) in [6, 6.07) is 7.92. The number of carbonyl (C=O) groups is 1. The van der Waals surface area contributed by atoms with Gasteiger partial charge in [-0.15, -0.1) is 0 Å². The summed E-state index contributed by atoms with van der Waals surface area (Å²) >= 11 is 3.47. The number of hydrogen-bond acceptors (Lipinski definition) is 3. The molecule has 0 spiro atoms. The number of nitrogens with zero attached hydrogens (tertiary/aromatic N) is 1. The van der Waals surface area contributed by atoms with Crippen LogP contribution in [0.1, 0.15) is 40.3 Å². The molecule has 130 valence electrons. The predicted molar refractivity (Wildman–Crippen MR) is 99.2 cm³/mol. The Labute approximate surface area is 151 Å². The van der Waals surface area contributed by atoms with E-state index in [2.05, 4.69) is 27.4 Å². The Bertz CT molecular complexity index is 736. The summed E-state index contributed by atoms with van der Waals surface area (Å²) in [7, 11) is 1.68. The van der Waals surface area contributed by atoms with Crippen molar-refractivity contribution in [1.82, 2.24) is 4.57 Å². The quantitative estimate of drug-likeness (QED) is 0.642. The highest BCUT2D eigenvalue weighted by molar-refractivity contribution is 9.10. The summed E-state index contributed by atoms with van der Waals surface area (Å²) in [4.78, 5) is 12.6. The van der Waals surface area contributed by atoms with E-state index in [1.54, 1.807) is 7.11 Å². The van der Waals surface area contributed by atoms with Gasteiger partial charge in [0.25, 0.3) is 0 Å². The highest BCUT2D eigenvalue weighted by Gasteiger charge is 2.19. The van der Waals surface area contributed by atoms with Crippen LogP contribution >= 0.6 is 15.9 Å². The van der Waals surface area contributed by atoms with Gasteiger partial charge in [0.05, 0.1) is 17.1 Å². The van der Waals surface area contributed by atoms with Gasteiger partial charge in [-0.2, -0.15) is 0 Å². The molecule has 0 amide bonds. The van der Waals surface area contributed by atoms with Crippen molar-refractivity contribution in [2.75, 3.05) is 20.3 Å². The number of aromatic nitrogens is 1. The van der Waals surface area contributed by atoms with E-state index in [9.17, 15) is 4.79 Å². The van der Waals surface area contributed by atoms with Crippen LogP contribution in [0.3, 0.4) is 0 Å². The van der Waals surface area contributed by atoms with Gasteiger partial charge in [0.2, 0.25) is 5.78 Å². The molecule has 0 aliphatic carbocycles. The maximum atomic E-state index is 12.6. The monoisotopic (exact) mass is 393 g/mol. The van der Waals surface area contributed by atoms with Gasteiger partial charge < -0.3 is 14.0 Å². The van der Waals surface area contributed by atoms with Crippen molar-refractivity contribution < 1.29 is 14.3 Å². The summed E-state index contributed by atoms with van der Waals surface area (Å²) in [6.45, 7) is 8.69. The molecule has 0 fully saturated rings. The molecule has 2 rings (SSSR count). The van der Waals surface area contributed by atoms with E-state index in [1.807, 2.05) is 45.0 Å². The van der Waals surface area contributed by atoms with Crippen molar-refractivity contribution in [3.8, 4) is 5.75 Å². The predicted octanol–water partition coefficient (Wildman–Crippen LogP) is 4.64. The topological polar surface area (TPSA) is 40.5 Å². The Morgan fingerprint density at radius 1 is 1.25 bits per heavy atom. The summed E-state index contributed by atoms with van der Waals surface area (Å²) in [5, 5.41) is 0. The minimum atomic E-state index is -0.0218. The van der Waals surface area contributed by atoms with Gasteiger partial charge in [0, 0.05) is 24.1 Å². The number of aryl methyl sites for hydroxylation is 2. The molecule has 0 radical (unpaired) electrons. The Morgan fingerprint density at radius 2 is 1.96 bits per heavy atom. The van der Waals surface area contributed by atoms with Crippen LogP contribution in [-0.4, -0.2) is 30.7 Å². The number of ketones is 1. The molecule has 1 atom stereocenters. The molecule has 0 saturated heterocycles. The molecular formula is C19H24BrNO3. The lowest BCUT2D eigenvalue weighted by molar-refractivity contribution is 0.0920. The number of methoxy groups -OCH3 is 1. The van der Waals surface area contributed by atoms with Crippen molar-refractivity contribution in [3.05, 3.63) is 51.3 Å². The number of ether oxygens (including phenoxy) is 2. The summed E-state index contributed by atoms with van der Waals surface area (Å²) in [6.07, 6.45) is 0. The maximum absolute atomic E-state index is 12.6. The van der Waals surface area contributed by atoms with Crippen molar-refractivity contribution in [2.24, 2.45) is 0 Å². The van der Waals surface area contributed by atoms with Gasteiger partial charge >= 0.3 is 0 Å². The minimum absolute atomic E-state index is 0.0185. The van der Waals surface area contributed by atoms with Crippen molar-refractivity contribution in [1.29, 1.82) is 0 Å². The first kappa shape index (κ1) is 18.7. The fourth-order valence-corrected chi connectivity index (χ4v) is 3.61. The van der Waals surface area contributed by atoms with Gasteiger partial charge in [0.15, 0.2) is 6.61 Å². The minimum Gasteiger partial charge on any atom is -0.484 e. The number of benzene rings is 1. The molecule has 5 heteroatoms. The SMILES string of the molecule is COC[C@H](C)n1c(C)cc(C(=O)COc2ccc(C)cc2Br)c1C. The van der Waals surface area contributed by atoms with E-state index in [0.29, 0.717) is 17.9 Å². The Morgan fingerprint density at radius 3 is 2.58 bits per heavy atom. The smallest absolute Gasteiger partial charge is 0.202 e. The fraction of sp³-hybridized carbons (Fsp3) is 0.421. The molecule has 0 saturated carbocycles. The lowest BCUT2D eigenvalue weighted by Gasteiger charge is -2.17. The van der Waals surface area contributed by atoms with E-state index in [4.69, 9.17) is 9.47 Å². The molecule has 0 N–H and O–H groups in total. The van der Waals surface area contributed by atoms with Gasteiger partial charge in [0.1, 0.15) is 5.75 Å². The Hall–Kier alpha value is -1.59. The van der Waals surface area contributed by atoms with Crippen molar-refractivity contribution >= 4 is 21.7 Å². The molecular weight excluding hydrogens is 370 g/mol. The fourth-order valence-electron chi connectivity index (χ4n) is 3.00. The molecule has 24 heavy (non-hydrogen) atoms. The van der Waals surface area contributed by atoms with Crippen LogP contribution < -0.4 is 4.74 Å². The zero-order valence-electron chi connectivity index (χ0n) is 14.9. The van der Waals surface area contributed by atoms with E-state index in [-0.39, 0.29) is 18.4 Å². The first-order chi connectivity index (χ1) is 11.3. The molecule has 0 bridgehead atoms. The third kappa shape index (κ3) is 4.08. The molecule has 0 unspecified atom stereocenters. The lowest BCUT2D eigenvalue weighted by Crippen LogP contribution is -2.16. The summed E-state index contributed by atoms with van der Waals surface area (Å²) in [5.41, 5.74) is 3.85. The number of rotatable bonds is 7. The second kappa shape index (κ2) is 7.99. The highest BCUT2D eigenvalue weighted by Crippen LogP contribution is 2.26. The summed E-state index contributed by atoms with van der Waals surface area (Å²) in [5.74, 6) is 0.655. The third-order valence-corrected chi connectivity index (χ3v) is 4.70. The van der Waals surface area contributed by atoms with Crippen LogP contribution in [0.4, 0.5) is 0 Å². The normalized spacial score (nSPS) is 12.2. The maximum Gasteiger partial charge on any atom is 0.202 e. The lowest BCUT2D eigenvalue weighted by atomic mass is 10.1. The third-order valence-electron chi connectivity index (χ3n) is 4.08. The zero-order chi connectivity index (χ0) is 17.9. The van der Waals surface area contributed by atoms with Gasteiger partial charge in [-0.05, 0) is 67.4 Å². The molecule has 0 aliphatic heterocycles. The molecule has 4 nitrogen and oxygen atoms in total. The van der Waals surface area contributed by atoms with Gasteiger partial charge in [-0.1, -0.05) is 6.07 Å². The van der Waals surface area contributed by atoms with E-state index in [1.165, 1.54) is 0 Å². The average molecular weight is 394 g/mol. The Kier molecular flexibility index (Phi) is 6.24. The van der Waals surface area contributed by atoms with E-state index >= 15 is 0 Å². The summed E-state index contributed by atoms with van der Waals surface area (Å²) < 4.78 is 13.9. The Balaban J connectivity index is 2.14. The molecule has 2 aromatic rings. The first-order valence-electron chi connectivity index (χ1n) is 7.94. The second-order valence-corrected chi connectivity index (χ2v) is 6.96. The van der Waals surface area contributed by atoms with Gasteiger partial charge in [-0.3, -0.25) is 4.79 Å². The van der Waals surface area contributed by atoms with Gasteiger partial charge in [-0.25, -0.2) is 0 Å². The molecule has 0 aliphatic rings. The standard InChI is InChI=1S/C19H24BrNO3/c1-12-6-7-19(17(20)8-12)24-11-18(22)16-9-13(2)21(15(16)4)14(3)10-23-5/h6-9,14H,10-11H2,1-5H3/t14-/m0/s1. The number of hydrogen-bond donors (Lipinski definition) is 0. The van der Waals surface area contributed by atoms with Crippen LogP contribution in [0.2, 0.25) is 0 Å². The van der Waals surface area contributed by atoms with Crippen LogP contribution in [0.5, 0.6) is 5.75 Å². The number of carbonyl (C=O) groups excluding carboxylic acids is 1. The molecule has 1 heterocycles. The van der Waals surface area contributed by atoms with Crippen LogP contribution in [0, 0.1) is 20.8 Å². The van der Waals surface area contributed by atoms with Crippen molar-refractivity contribution in [2.45, 2.75) is 33.7 Å². The van der Waals surface area contributed by atoms with E-state index < -0.39 is 0 Å². The molecule has 1 aromatic heterocycles. The second-order valence-electron chi connectivity index (χ2n) is 6.10. The van der Waals surface area contributed by atoms with Crippen LogP contribution in [0.25, 0.3) is 0 Å².